The summed E-state index contributed by atoms with van der Waals surface area (Å²) in [4.78, 5) is 32.0. The highest BCUT2D eigenvalue weighted by Crippen LogP contribution is 2.32. The minimum Gasteiger partial charge on any atom is -0.376 e. The number of rotatable bonds is 5. The number of carbonyl (C=O) groups excluding carboxylic acids is 2. The minimum absolute atomic E-state index is 0.0130. The average molecular weight is 414 g/mol. The summed E-state index contributed by atoms with van der Waals surface area (Å²) >= 11 is 6.06. The Morgan fingerprint density at radius 1 is 1.24 bits per heavy atom. The molecule has 3 atom stereocenters. The quantitative estimate of drug-likeness (QED) is 0.818. The maximum absolute atomic E-state index is 13.1. The number of likely N-dealkylation sites (tertiary alicyclic amines) is 1. The van der Waals surface area contributed by atoms with E-state index in [0.29, 0.717) is 43.1 Å². The lowest BCUT2D eigenvalue weighted by Gasteiger charge is -2.40. The van der Waals surface area contributed by atoms with Crippen molar-refractivity contribution in [2.45, 2.75) is 31.4 Å². The highest BCUT2D eigenvalue weighted by atomic mass is 35.5. The Bertz CT molecular complexity index is 877. The van der Waals surface area contributed by atoms with Crippen molar-refractivity contribution in [3.63, 3.8) is 0 Å². The second kappa shape index (κ2) is 8.93. The van der Waals surface area contributed by atoms with Crippen LogP contribution in [-0.2, 0) is 16.0 Å². The molecule has 6 nitrogen and oxygen atoms in total. The molecule has 2 fully saturated rings. The van der Waals surface area contributed by atoms with Crippen molar-refractivity contribution in [3.05, 3.63) is 64.9 Å². The van der Waals surface area contributed by atoms with Crippen molar-refractivity contribution < 1.29 is 14.3 Å². The third-order valence-electron chi connectivity index (χ3n) is 5.62. The standard InChI is InChI=1S/C22H24ClN3O3/c23-17-5-3-4-15(12-17)22(28)26-14-16(13-20-19(26)8-11-29-20)21(27)25-10-7-18-6-1-2-9-24-18/h1-6,9,12,16,19-20H,7-8,10-11,13-14H2,(H,25,27)/t16-,19+,20+/m0/s1. The summed E-state index contributed by atoms with van der Waals surface area (Å²) < 4.78 is 5.84. The van der Waals surface area contributed by atoms with Gasteiger partial charge in [0.25, 0.3) is 5.91 Å². The molecule has 1 aromatic heterocycles. The van der Waals surface area contributed by atoms with E-state index >= 15 is 0 Å². The number of carbonyl (C=O) groups is 2. The molecule has 3 heterocycles. The lowest BCUT2D eigenvalue weighted by Crippen LogP contribution is -2.55. The van der Waals surface area contributed by atoms with Gasteiger partial charge in [-0.2, -0.15) is 0 Å². The van der Waals surface area contributed by atoms with Crippen LogP contribution in [0.2, 0.25) is 5.02 Å². The van der Waals surface area contributed by atoms with E-state index in [1.165, 1.54) is 0 Å². The van der Waals surface area contributed by atoms with Crippen LogP contribution in [-0.4, -0.2) is 53.5 Å². The zero-order chi connectivity index (χ0) is 20.2. The van der Waals surface area contributed by atoms with Crippen molar-refractivity contribution in [2.75, 3.05) is 19.7 Å². The summed E-state index contributed by atoms with van der Waals surface area (Å²) in [5.41, 5.74) is 1.48. The molecule has 1 N–H and O–H groups in total. The van der Waals surface area contributed by atoms with E-state index in [1.807, 2.05) is 18.2 Å². The Balaban J connectivity index is 1.42. The Morgan fingerprint density at radius 3 is 2.93 bits per heavy atom. The van der Waals surface area contributed by atoms with E-state index in [-0.39, 0.29) is 29.9 Å². The monoisotopic (exact) mass is 413 g/mol. The molecule has 29 heavy (non-hydrogen) atoms. The van der Waals surface area contributed by atoms with Gasteiger partial charge in [0, 0.05) is 48.6 Å². The van der Waals surface area contributed by atoms with Crippen molar-refractivity contribution >= 4 is 23.4 Å². The fourth-order valence-electron chi connectivity index (χ4n) is 4.16. The summed E-state index contributed by atoms with van der Waals surface area (Å²) in [7, 11) is 0. The van der Waals surface area contributed by atoms with Gasteiger partial charge in [0.1, 0.15) is 0 Å². The summed E-state index contributed by atoms with van der Waals surface area (Å²) in [6.45, 7) is 1.53. The number of hydrogen-bond acceptors (Lipinski definition) is 4. The normalized spacial score (nSPS) is 23.5. The van der Waals surface area contributed by atoms with Gasteiger partial charge >= 0.3 is 0 Å². The number of amides is 2. The first-order valence-electron chi connectivity index (χ1n) is 9.97. The van der Waals surface area contributed by atoms with Gasteiger partial charge in [-0.3, -0.25) is 14.6 Å². The number of pyridine rings is 1. The van der Waals surface area contributed by atoms with Gasteiger partial charge in [-0.05, 0) is 43.2 Å². The molecule has 2 aliphatic heterocycles. The van der Waals surface area contributed by atoms with Gasteiger partial charge in [0.05, 0.1) is 18.1 Å². The number of fused-ring (bicyclic) bond motifs is 1. The molecule has 7 heteroatoms. The van der Waals surface area contributed by atoms with Crippen LogP contribution in [0.5, 0.6) is 0 Å². The number of halogens is 1. The van der Waals surface area contributed by atoms with Crippen molar-refractivity contribution in [2.24, 2.45) is 5.92 Å². The van der Waals surface area contributed by atoms with Gasteiger partial charge in [0.15, 0.2) is 0 Å². The molecule has 2 amide bonds. The number of hydrogen-bond donors (Lipinski definition) is 1. The van der Waals surface area contributed by atoms with Gasteiger partial charge in [-0.25, -0.2) is 0 Å². The maximum Gasteiger partial charge on any atom is 0.254 e. The molecule has 152 valence electrons. The van der Waals surface area contributed by atoms with Crippen molar-refractivity contribution in [3.8, 4) is 0 Å². The van der Waals surface area contributed by atoms with E-state index < -0.39 is 0 Å². The largest absolute Gasteiger partial charge is 0.376 e. The van der Waals surface area contributed by atoms with Crippen molar-refractivity contribution in [1.29, 1.82) is 0 Å². The van der Waals surface area contributed by atoms with E-state index in [0.717, 1.165) is 12.1 Å². The molecule has 2 aliphatic rings. The lowest BCUT2D eigenvalue weighted by atomic mass is 9.88. The van der Waals surface area contributed by atoms with Crippen LogP contribution in [0.15, 0.2) is 48.7 Å². The lowest BCUT2D eigenvalue weighted by molar-refractivity contribution is -0.128. The van der Waals surface area contributed by atoms with Crippen LogP contribution < -0.4 is 5.32 Å². The first-order valence-corrected chi connectivity index (χ1v) is 10.4. The number of nitrogens with one attached hydrogen (secondary N) is 1. The maximum atomic E-state index is 13.1. The average Bonchev–Trinajstić information content (AvgIpc) is 3.22. The molecule has 1 aromatic carbocycles. The molecule has 0 radical (unpaired) electrons. The Labute approximate surface area is 175 Å². The SMILES string of the molecule is O=C(NCCc1ccccn1)[C@H]1C[C@H]2OCC[C@H]2N(C(=O)c2cccc(Cl)c2)C1. The zero-order valence-electron chi connectivity index (χ0n) is 16.1. The molecular weight excluding hydrogens is 390 g/mol. The number of aromatic nitrogens is 1. The third-order valence-corrected chi connectivity index (χ3v) is 5.85. The minimum atomic E-state index is -0.291. The number of nitrogens with zero attached hydrogens (tertiary/aromatic N) is 2. The second-order valence-corrected chi connectivity index (χ2v) is 7.96. The fourth-order valence-corrected chi connectivity index (χ4v) is 4.35. The van der Waals surface area contributed by atoms with Crippen LogP contribution >= 0.6 is 11.6 Å². The smallest absolute Gasteiger partial charge is 0.254 e. The fraction of sp³-hybridized carbons (Fsp3) is 0.409. The summed E-state index contributed by atoms with van der Waals surface area (Å²) in [5.74, 6) is -0.432. The third kappa shape index (κ3) is 4.60. The number of benzene rings is 1. The van der Waals surface area contributed by atoms with Crippen LogP contribution in [0.4, 0.5) is 0 Å². The highest BCUT2D eigenvalue weighted by Gasteiger charge is 2.44. The molecular formula is C22H24ClN3O3. The Hall–Kier alpha value is -2.44. The van der Waals surface area contributed by atoms with Crippen LogP contribution in [0, 0.1) is 5.92 Å². The van der Waals surface area contributed by atoms with Crippen LogP contribution in [0.1, 0.15) is 28.9 Å². The van der Waals surface area contributed by atoms with Gasteiger partial charge in [-0.15, -0.1) is 0 Å². The highest BCUT2D eigenvalue weighted by molar-refractivity contribution is 6.30. The van der Waals surface area contributed by atoms with Gasteiger partial charge in [-0.1, -0.05) is 23.7 Å². The second-order valence-electron chi connectivity index (χ2n) is 7.53. The van der Waals surface area contributed by atoms with Gasteiger partial charge < -0.3 is 15.0 Å². The summed E-state index contributed by atoms with van der Waals surface area (Å²) in [5, 5.41) is 3.52. The van der Waals surface area contributed by atoms with Crippen molar-refractivity contribution in [1.82, 2.24) is 15.2 Å². The van der Waals surface area contributed by atoms with E-state index in [2.05, 4.69) is 10.3 Å². The Morgan fingerprint density at radius 2 is 2.14 bits per heavy atom. The van der Waals surface area contributed by atoms with Crippen LogP contribution in [0.3, 0.4) is 0 Å². The van der Waals surface area contributed by atoms with E-state index in [4.69, 9.17) is 16.3 Å². The molecule has 0 unspecified atom stereocenters. The molecule has 0 spiro atoms. The first-order chi connectivity index (χ1) is 14.1. The molecule has 0 aliphatic carbocycles. The van der Waals surface area contributed by atoms with Crippen LogP contribution in [0.25, 0.3) is 0 Å². The van der Waals surface area contributed by atoms with Gasteiger partial charge in [0.2, 0.25) is 5.91 Å². The van der Waals surface area contributed by atoms with E-state index in [1.54, 1.807) is 35.4 Å². The topological polar surface area (TPSA) is 71.5 Å². The molecule has 0 bridgehead atoms. The predicted octanol–water partition coefficient (Wildman–Crippen LogP) is 2.71. The first kappa shape index (κ1) is 19.9. The molecule has 0 saturated carbocycles. The predicted molar refractivity (Wildman–Crippen MR) is 110 cm³/mol. The number of piperidine rings is 1. The Kier molecular flexibility index (Phi) is 6.11. The summed E-state index contributed by atoms with van der Waals surface area (Å²) in [6.07, 6.45) is 3.76. The number of ether oxygens (including phenoxy) is 1. The molecule has 4 rings (SSSR count). The molecule has 2 aromatic rings. The molecule has 2 saturated heterocycles. The van der Waals surface area contributed by atoms with E-state index in [9.17, 15) is 9.59 Å². The summed E-state index contributed by atoms with van der Waals surface area (Å²) in [6, 6.07) is 12.7. The zero-order valence-corrected chi connectivity index (χ0v) is 16.8.